The van der Waals surface area contributed by atoms with Gasteiger partial charge in [0, 0.05) is 6.04 Å². The molecule has 1 aliphatic carbocycles. The Bertz CT molecular complexity index is 175. The van der Waals surface area contributed by atoms with Gasteiger partial charge in [-0.1, -0.05) is 0 Å². The van der Waals surface area contributed by atoms with Gasteiger partial charge >= 0.3 is 5.97 Å². The second-order valence-electron chi connectivity index (χ2n) is 3.33. The van der Waals surface area contributed by atoms with E-state index in [2.05, 4.69) is 0 Å². The number of aliphatic carboxylic acids is 1. The molecule has 0 saturated heterocycles. The summed E-state index contributed by atoms with van der Waals surface area (Å²) in [6, 6.07) is -0.0261. The normalized spacial score (nSPS) is 39.4. The first-order valence-electron chi connectivity index (χ1n) is 3.66. The first-order valence-corrected chi connectivity index (χ1v) is 3.66. The summed E-state index contributed by atoms with van der Waals surface area (Å²) < 4.78 is 0. The largest absolute Gasteiger partial charge is 0.481 e. The number of rotatable bonds is 2. The van der Waals surface area contributed by atoms with Crippen molar-refractivity contribution < 1.29 is 15.0 Å². The second-order valence-corrected chi connectivity index (χ2v) is 3.33. The maximum absolute atomic E-state index is 10.4. The summed E-state index contributed by atoms with van der Waals surface area (Å²) in [7, 11) is 0. The highest BCUT2D eigenvalue weighted by atomic mass is 16.4. The number of aliphatic hydroxyl groups is 1. The van der Waals surface area contributed by atoms with Gasteiger partial charge < -0.3 is 15.9 Å². The van der Waals surface area contributed by atoms with Gasteiger partial charge in [-0.25, -0.2) is 0 Å². The van der Waals surface area contributed by atoms with Gasteiger partial charge in [-0.15, -0.1) is 0 Å². The van der Waals surface area contributed by atoms with Crippen LogP contribution in [0.4, 0.5) is 0 Å². The van der Waals surface area contributed by atoms with Crippen LogP contribution in [0.15, 0.2) is 0 Å². The number of carbonyl (C=O) groups is 1. The molecule has 0 radical (unpaired) electrons. The van der Waals surface area contributed by atoms with Crippen LogP contribution in [0.3, 0.4) is 0 Å². The Hall–Kier alpha value is -0.610. The van der Waals surface area contributed by atoms with Crippen LogP contribution in [-0.4, -0.2) is 27.8 Å². The maximum atomic E-state index is 10.4. The van der Waals surface area contributed by atoms with Crippen LogP contribution in [0.25, 0.3) is 0 Å². The molecule has 0 amide bonds. The highest BCUT2D eigenvalue weighted by Gasteiger charge is 2.47. The van der Waals surface area contributed by atoms with E-state index in [4.69, 9.17) is 10.8 Å². The number of carboxylic acid groups (broad SMARTS) is 1. The Morgan fingerprint density at radius 1 is 1.73 bits per heavy atom. The molecule has 1 fully saturated rings. The van der Waals surface area contributed by atoms with E-state index in [1.165, 1.54) is 6.92 Å². The molecule has 64 valence electrons. The quantitative estimate of drug-likeness (QED) is 0.510. The number of hydrogen-bond acceptors (Lipinski definition) is 3. The molecule has 1 saturated carbocycles. The topological polar surface area (TPSA) is 83.5 Å². The fraction of sp³-hybridized carbons (Fsp3) is 0.857. The average molecular weight is 159 g/mol. The minimum Gasteiger partial charge on any atom is -0.481 e. The summed E-state index contributed by atoms with van der Waals surface area (Å²) in [5, 5.41) is 18.1. The van der Waals surface area contributed by atoms with E-state index in [9.17, 15) is 9.90 Å². The molecule has 0 bridgehead atoms. The summed E-state index contributed by atoms with van der Waals surface area (Å²) in [5.74, 6) is -1.67. The highest BCUT2D eigenvalue weighted by molar-refractivity contribution is 5.71. The van der Waals surface area contributed by atoms with E-state index < -0.39 is 17.5 Å². The summed E-state index contributed by atoms with van der Waals surface area (Å²) >= 11 is 0. The standard InChI is InChI=1S/C7H13NO3/c1-4(6(9)10)7(11)2-5(8)3-7/h4-5,11H,2-3,8H2,1H3,(H,9,10). The van der Waals surface area contributed by atoms with Crippen molar-refractivity contribution in [2.45, 2.75) is 31.4 Å². The number of carboxylic acids is 1. The Kier molecular flexibility index (Phi) is 1.90. The fourth-order valence-electron chi connectivity index (χ4n) is 1.43. The number of nitrogens with two attached hydrogens (primary N) is 1. The maximum Gasteiger partial charge on any atom is 0.309 e. The lowest BCUT2D eigenvalue weighted by Gasteiger charge is -2.44. The van der Waals surface area contributed by atoms with Crippen molar-refractivity contribution in [2.24, 2.45) is 11.7 Å². The Morgan fingerprint density at radius 2 is 2.18 bits per heavy atom. The van der Waals surface area contributed by atoms with Crippen molar-refractivity contribution in [2.75, 3.05) is 0 Å². The molecule has 4 nitrogen and oxygen atoms in total. The summed E-state index contributed by atoms with van der Waals surface area (Å²) in [6.07, 6.45) is 0.806. The van der Waals surface area contributed by atoms with E-state index in [-0.39, 0.29) is 6.04 Å². The zero-order valence-corrected chi connectivity index (χ0v) is 6.45. The van der Waals surface area contributed by atoms with Gasteiger partial charge in [0.1, 0.15) is 0 Å². The molecule has 1 atom stereocenters. The Balaban J connectivity index is 2.54. The molecule has 0 aromatic heterocycles. The van der Waals surface area contributed by atoms with Crippen LogP contribution in [0.5, 0.6) is 0 Å². The first kappa shape index (κ1) is 8.49. The fourth-order valence-corrected chi connectivity index (χ4v) is 1.43. The van der Waals surface area contributed by atoms with Crippen LogP contribution in [-0.2, 0) is 4.79 Å². The minimum atomic E-state index is -1.05. The molecule has 1 unspecified atom stereocenters. The molecular formula is C7H13NO3. The minimum absolute atomic E-state index is 0.0261. The van der Waals surface area contributed by atoms with E-state index in [0.29, 0.717) is 12.8 Å². The van der Waals surface area contributed by atoms with Gasteiger partial charge in [0.15, 0.2) is 0 Å². The third-order valence-electron chi connectivity index (χ3n) is 2.41. The van der Waals surface area contributed by atoms with Crippen LogP contribution in [0.2, 0.25) is 0 Å². The van der Waals surface area contributed by atoms with Crippen LogP contribution in [0.1, 0.15) is 19.8 Å². The van der Waals surface area contributed by atoms with E-state index in [1.54, 1.807) is 0 Å². The van der Waals surface area contributed by atoms with Gasteiger partial charge in [-0.05, 0) is 19.8 Å². The molecule has 1 aliphatic rings. The second kappa shape index (κ2) is 2.46. The lowest BCUT2D eigenvalue weighted by Crippen LogP contribution is -2.57. The first-order chi connectivity index (χ1) is 4.96. The van der Waals surface area contributed by atoms with Gasteiger partial charge in [0.25, 0.3) is 0 Å². The SMILES string of the molecule is CC(C(=O)O)C1(O)CC(N)C1. The van der Waals surface area contributed by atoms with E-state index in [0.717, 1.165) is 0 Å². The summed E-state index contributed by atoms with van der Waals surface area (Å²) in [4.78, 5) is 10.4. The van der Waals surface area contributed by atoms with Crippen LogP contribution >= 0.6 is 0 Å². The monoisotopic (exact) mass is 159 g/mol. The molecule has 4 N–H and O–H groups in total. The van der Waals surface area contributed by atoms with E-state index >= 15 is 0 Å². The molecule has 1 rings (SSSR count). The lowest BCUT2D eigenvalue weighted by molar-refractivity contribution is -0.159. The van der Waals surface area contributed by atoms with Crippen molar-refractivity contribution in [3.63, 3.8) is 0 Å². The molecule has 0 aliphatic heterocycles. The third kappa shape index (κ3) is 1.36. The molecule has 4 heteroatoms. The van der Waals surface area contributed by atoms with Crippen molar-refractivity contribution in [3.8, 4) is 0 Å². The predicted molar refractivity (Wildman–Crippen MR) is 39.0 cm³/mol. The molecule has 0 aromatic rings. The molecular weight excluding hydrogens is 146 g/mol. The van der Waals surface area contributed by atoms with Crippen LogP contribution in [0, 0.1) is 5.92 Å². The molecule has 11 heavy (non-hydrogen) atoms. The number of hydrogen-bond donors (Lipinski definition) is 3. The van der Waals surface area contributed by atoms with Gasteiger partial charge in [-0.2, -0.15) is 0 Å². The lowest BCUT2D eigenvalue weighted by atomic mass is 9.69. The van der Waals surface area contributed by atoms with Crippen molar-refractivity contribution in [1.29, 1.82) is 0 Å². The highest BCUT2D eigenvalue weighted by Crippen LogP contribution is 2.37. The van der Waals surface area contributed by atoms with Crippen molar-refractivity contribution in [1.82, 2.24) is 0 Å². The van der Waals surface area contributed by atoms with E-state index in [1.807, 2.05) is 0 Å². The molecule has 0 spiro atoms. The predicted octanol–water partition coefficient (Wildman–Crippen LogP) is -0.441. The molecule has 0 heterocycles. The summed E-state index contributed by atoms with van der Waals surface area (Å²) in [6.45, 7) is 1.51. The molecule has 0 aromatic carbocycles. The van der Waals surface area contributed by atoms with Crippen molar-refractivity contribution in [3.05, 3.63) is 0 Å². The summed E-state index contributed by atoms with van der Waals surface area (Å²) in [5.41, 5.74) is 4.39. The smallest absolute Gasteiger partial charge is 0.309 e. The third-order valence-corrected chi connectivity index (χ3v) is 2.41. The van der Waals surface area contributed by atoms with Gasteiger partial charge in [0.05, 0.1) is 11.5 Å². The van der Waals surface area contributed by atoms with Crippen molar-refractivity contribution >= 4 is 5.97 Å². The Morgan fingerprint density at radius 3 is 2.45 bits per heavy atom. The average Bonchev–Trinajstić information content (AvgIpc) is 1.83. The van der Waals surface area contributed by atoms with Gasteiger partial charge in [0.2, 0.25) is 0 Å². The van der Waals surface area contributed by atoms with Crippen LogP contribution < -0.4 is 5.73 Å². The zero-order valence-electron chi connectivity index (χ0n) is 6.45. The zero-order chi connectivity index (χ0) is 8.65. The van der Waals surface area contributed by atoms with Gasteiger partial charge in [-0.3, -0.25) is 4.79 Å². The Labute approximate surface area is 65.0 Å².